The molecule has 10 heteroatoms. The summed E-state index contributed by atoms with van der Waals surface area (Å²) in [5, 5.41) is 5.71. The first-order valence-electron chi connectivity index (χ1n) is 10.4. The molecule has 0 bridgehead atoms. The summed E-state index contributed by atoms with van der Waals surface area (Å²) in [4.78, 5) is 26.6. The molecule has 2 aromatic carbocycles. The lowest BCUT2D eigenvalue weighted by atomic mass is 10.0. The Labute approximate surface area is 187 Å². The van der Waals surface area contributed by atoms with E-state index in [1.54, 1.807) is 0 Å². The number of nitrogens with one attached hydrogen (secondary N) is 3. The number of halogens is 1. The van der Waals surface area contributed by atoms with Gasteiger partial charge in [-0.2, -0.15) is 4.72 Å². The smallest absolute Gasteiger partial charge is 0.241 e. The van der Waals surface area contributed by atoms with Crippen molar-refractivity contribution in [2.45, 2.75) is 36.7 Å². The summed E-state index contributed by atoms with van der Waals surface area (Å²) < 4.78 is 40.1. The molecule has 0 radical (unpaired) electrons. The summed E-state index contributed by atoms with van der Waals surface area (Å²) in [5.74, 6) is -1.07. The van der Waals surface area contributed by atoms with E-state index in [4.69, 9.17) is 0 Å². The number of piperidine rings is 1. The van der Waals surface area contributed by atoms with E-state index in [0.717, 1.165) is 30.0 Å². The normalized spacial score (nSPS) is 16.3. The number of rotatable bonds is 8. The SMILES string of the molecule is C[C@@H](NS(=O)(=O)c1ccc(F)cc1)C(=O)NC1CCN(CC(=O)Nc2ccccc2)CC1. The van der Waals surface area contributed by atoms with E-state index in [1.165, 1.54) is 6.92 Å². The predicted octanol–water partition coefficient (Wildman–Crippen LogP) is 1.71. The number of sulfonamides is 1. The fourth-order valence-corrected chi connectivity index (χ4v) is 4.66. The molecule has 0 unspecified atom stereocenters. The van der Waals surface area contributed by atoms with E-state index in [9.17, 15) is 22.4 Å². The van der Waals surface area contributed by atoms with Crippen molar-refractivity contribution in [2.24, 2.45) is 0 Å². The van der Waals surface area contributed by atoms with Crippen molar-refractivity contribution in [3.63, 3.8) is 0 Å². The summed E-state index contributed by atoms with van der Waals surface area (Å²) in [6.07, 6.45) is 1.31. The molecule has 1 saturated heterocycles. The van der Waals surface area contributed by atoms with Gasteiger partial charge in [0.15, 0.2) is 0 Å². The summed E-state index contributed by atoms with van der Waals surface area (Å²) in [7, 11) is -3.94. The zero-order chi connectivity index (χ0) is 23.1. The fourth-order valence-electron chi connectivity index (χ4n) is 3.45. The predicted molar refractivity (Wildman–Crippen MR) is 119 cm³/mol. The van der Waals surface area contributed by atoms with Gasteiger partial charge in [0.1, 0.15) is 5.82 Å². The van der Waals surface area contributed by atoms with Crippen LogP contribution in [-0.4, -0.2) is 56.9 Å². The number of likely N-dealkylation sites (tertiary alicyclic amines) is 1. The number of amides is 2. The molecule has 1 aliphatic rings. The molecule has 172 valence electrons. The Balaban J connectivity index is 1.42. The van der Waals surface area contributed by atoms with E-state index in [0.29, 0.717) is 25.9 Å². The first kappa shape index (κ1) is 23.8. The zero-order valence-corrected chi connectivity index (χ0v) is 18.6. The third-order valence-electron chi connectivity index (χ3n) is 5.21. The summed E-state index contributed by atoms with van der Waals surface area (Å²) in [6, 6.07) is 12.5. The molecular formula is C22H27FN4O4S. The van der Waals surface area contributed by atoms with Crippen LogP contribution in [0.3, 0.4) is 0 Å². The van der Waals surface area contributed by atoms with Crippen LogP contribution in [0.4, 0.5) is 10.1 Å². The maximum absolute atomic E-state index is 13.0. The van der Waals surface area contributed by atoms with Crippen molar-refractivity contribution < 1.29 is 22.4 Å². The highest BCUT2D eigenvalue weighted by atomic mass is 32.2. The second kappa shape index (κ2) is 10.7. The molecule has 1 heterocycles. The number of carbonyl (C=O) groups excluding carboxylic acids is 2. The molecule has 3 rings (SSSR count). The summed E-state index contributed by atoms with van der Waals surface area (Å²) in [6.45, 7) is 3.01. The number of hydrogen-bond acceptors (Lipinski definition) is 5. The Bertz CT molecular complexity index is 1020. The Morgan fingerprint density at radius 3 is 2.31 bits per heavy atom. The Morgan fingerprint density at radius 2 is 1.69 bits per heavy atom. The van der Waals surface area contributed by atoms with Crippen molar-refractivity contribution in [3.8, 4) is 0 Å². The highest BCUT2D eigenvalue weighted by Gasteiger charge is 2.26. The Hall–Kier alpha value is -2.82. The van der Waals surface area contributed by atoms with Crippen molar-refractivity contribution in [1.29, 1.82) is 0 Å². The van der Waals surface area contributed by atoms with Gasteiger partial charge in [-0.3, -0.25) is 14.5 Å². The molecule has 3 N–H and O–H groups in total. The van der Waals surface area contributed by atoms with E-state index in [-0.39, 0.29) is 23.4 Å². The molecule has 1 atom stereocenters. The van der Waals surface area contributed by atoms with Gasteiger partial charge in [0.05, 0.1) is 17.5 Å². The zero-order valence-electron chi connectivity index (χ0n) is 17.8. The van der Waals surface area contributed by atoms with Crippen molar-refractivity contribution in [3.05, 3.63) is 60.4 Å². The topological polar surface area (TPSA) is 108 Å². The molecule has 2 aromatic rings. The quantitative estimate of drug-likeness (QED) is 0.554. The molecule has 1 fully saturated rings. The molecule has 2 amide bonds. The van der Waals surface area contributed by atoms with Gasteiger partial charge in [0, 0.05) is 24.8 Å². The van der Waals surface area contributed by atoms with Gasteiger partial charge in [-0.25, -0.2) is 12.8 Å². The minimum absolute atomic E-state index is 0.0949. The van der Waals surface area contributed by atoms with Gasteiger partial charge in [0.2, 0.25) is 21.8 Å². The number of anilines is 1. The molecule has 8 nitrogen and oxygen atoms in total. The van der Waals surface area contributed by atoms with E-state index in [2.05, 4.69) is 15.4 Å². The minimum Gasteiger partial charge on any atom is -0.352 e. The standard InChI is InChI=1S/C22H27FN4O4S/c1-16(26-32(30,31)20-9-7-17(23)8-10-20)22(29)25-19-11-13-27(14-12-19)15-21(28)24-18-5-3-2-4-6-18/h2-10,16,19,26H,11-15H2,1H3,(H,24,28)(H,25,29)/t16-/m1/s1. The third-order valence-corrected chi connectivity index (χ3v) is 6.76. The number of benzene rings is 2. The molecule has 0 spiro atoms. The van der Waals surface area contributed by atoms with Gasteiger partial charge in [-0.15, -0.1) is 0 Å². The van der Waals surface area contributed by atoms with Crippen LogP contribution in [0, 0.1) is 5.82 Å². The minimum atomic E-state index is -3.94. The lowest BCUT2D eigenvalue weighted by molar-refractivity contribution is -0.123. The number of para-hydroxylation sites is 1. The maximum atomic E-state index is 13.0. The molecular weight excluding hydrogens is 435 g/mol. The van der Waals surface area contributed by atoms with Gasteiger partial charge >= 0.3 is 0 Å². The lowest BCUT2D eigenvalue weighted by Crippen LogP contribution is -2.51. The fraction of sp³-hybridized carbons (Fsp3) is 0.364. The van der Waals surface area contributed by atoms with E-state index < -0.39 is 27.8 Å². The summed E-state index contributed by atoms with van der Waals surface area (Å²) >= 11 is 0. The van der Waals surface area contributed by atoms with Crippen LogP contribution in [0.1, 0.15) is 19.8 Å². The van der Waals surface area contributed by atoms with Gasteiger partial charge in [-0.1, -0.05) is 18.2 Å². The van der Waals surface area contributed by atoms with E-state index in [1.807, 2.05) is 35.2 Å². The van der Waals surface area contributed by atoms with Crippen molar-refractivity contribution in [2.75, 3.05) is 25.0 Å². The number of carbonyl (C=O) groups is 2. The van der Waals surface area contributed by atoms with Crippen LogP contribution >= 0.6 is 0 Å². The first-order chi connectivity index (χ1) is 15.2. The third kappa shape index (κ3) is 6.84. The van der Waals surface area contributed by atoms with Gasteiger partial charge in [-0.05, 0) is 56.2 Å². The summed E-state index contributed by atoms with van der Waals surface area (Å²) in [5.41, 5.74) is 0.747. The van der Waals surface area contributed by atoms with Crippen LogP contribution in [0.15, 0.2) is 59.5 Å². The van der Waals surface area contributed by atoms with Gasteiger partial charge < -0.3 is 10.6 Å². The number of nitrogens with zero attached hydrogens (tertiary/aromatic N) is 1. The second-order valence-corrected chi connectivity index (χ2v) is 9.48. The average Bonchev–Trinajstić information content (AvgIpc) is 2.75. The van der Waals surface area contributed by atoms with Crippen molar-refractivity contribution >= 4 is 27.5 Å². The molecule has 32 heavy (non-hydrogen) atoms. The highest BCUT2D eigenvalue weighted by Crippen LogP contribution is 2.13. The molecule has 0 aromatic heterocycles. The lowest BCUT2D eigenvalue weighted by Gasteiger charge is -2.32. The first-order valence-corrected chi connectivity index (χ1v) is 11.9. The van der Waals surface area contributed by atoms with Crippen LogP contribution < -0.4 is 15.4 Å². The van der Waals surface area contributed by atoms with Crippen LogP contribution in [0.25, 0.3) is 0 Å². The highest BCUT2D eigenvalue weighted by molar-refractivity contribution is 7.89. The van der Waals surface area contributed by atoms with Crippen molar-refractivity contribution in [1.82, 2.24) is 14.9 Å². The Kier molecular flexibility index (Phi) is 7.94. The second-order valence-electron chi connectivity index (χ2n) is 7.77. The van der Waals surface area contributed by atoms with Crippen LogP contribution in [0.2, 0.25) is 0 Å². The van der Waals surface area contributed by atoms with Gasteiger partial charge in [0.25, 0.3) is 0 Å². The molecule has 1 aliphatic heterocycles. The number of hydrogen-bond donors (Lipinski definition) is 3. The maximum Gasteiger partial charge on any atom is 0.241 e. The molecule has 0 saturated carbocycles. The Morgan fingerprint density at radius 1 is 1.06 bits per heavy atom. The van der Waals surface area contributed by atoms with Crippen LogP contribution in [-0.2, 0) is 19.6 Å². The largest absolute Gasteiger partial charge is 0.352 e. The average molecular weight is 463 g/mol. The van der Waals surface area contributed by atoms with Crippen LogP contribution in [0.5, 0.6) is 0 Å². The molecule has 0 aliphatic carbocycles. The monoisotopic (exact) mass is 462 g/mol. The van der Waals surface area contributed by atoms with E-state index >= 15 is 0 Å².